The van der Waals surface area contributed by atoms with E-state index in [0.717, 1.165) is 12.2 Å². The number of hydrogen-bond acceptors (Lipinski definition) is 2. The summed E-state index contributed by atoms with van der Waals surface area (Å²) in [4.78, 5) is 0. The molecule has 1 N–H and O–H groups in total. The Morgan fingerprint density at radius 1 is 1.12 bits per heavy atom. The molecule has 0 aromatic heterocycles. The number of methoxy groups -OCH3 is 1. The first-order valence-corrected chi connectivity index (χ1v) is 6.54. The Morgan fingerprint density at radius 2 is 1.76 bits per heavy atom. The Labute approximate surface area is 105 Å². The fourth-order valence-corrected chi connectivity index (χ4v) is 2.18. The van der Waals surface area contributed by atoms with Crippen LogP contribution < -0.4 is 10.1 Å². The van der Waals surface area contributed by atoms with E-state index >= 15 is 0 Å². The number of nitrogens with one attached hydrogen (secondary N) is 1. The van der Waals surface area contributed by atoms with Gasteiger partial charge in [-0.2, -0.15) is 0 Å². The van der Waals surface area contributed by atoms with Gasteiger partial charge in [-0.05, 0) is 44.4 Å². The zero-order chi connectivity index (χ0) is 12.7. The van der Waals surface area contributed by atoms with Crippen LogP contribution in [0.5, 0.6) is 5.75 Å². The van der Waals surface area contributed by atoms with Crippen molar-refractivity contribution in [1.29, 1.82) is 0 Å². The molecule has 1 rings (SSSR count). The third kappa shape index (κ3) is 5.22. The molecule has 0 aliphatic rings. The van der Waals surface area contributed by atoms with Crippen LogP contribution >= 0.6 is 0 Å². The first-order valence-electron chi connectivity index (χ1n) is 6.54. The monoisotopic (exact) mass is 235 g/mol. The minimum absolute atomic E-state index is 0.518. The van der Waals surface area contributed by atoms with E-state index in [-0.39, 0.29) is 0 Å². The van der Waals surface area contributed by atoms with Crippen LogP contribution in [0, 0.1) is 0 Å². The van der Waals surface area contributed by atoms with Gasteiger partial charge < -0.3 is 10.1 Å². The van der Waals surface area contributed by atoms with Gasteiger partial charge in [-0.3, -0.25) is 0 Å². The minimum atomic E-state index is 0.518. The lowest BCUT2D eigenvalue weighted by Crippen LogP contribution is -2.35. The molecule has 0 fully saturated rings. The third-order valence-corrected chi connectivity index (χ3v) is 2.99. The average molecular weight is 235 g/mol. The summed E-state index contributed by atoms with van der Waals surface area (Å²) >= 11 is 0. The molecule has 2 unspecified atom stereocenters. The first-order chi connectivity index (χ1) is 8.15. The van der Waals surface area contributed by atoms with Crippen LogP contribution in [-0.4, -0.2) is 19.2 Å². The Morgan fingerprint density at radius 3 is 2.29 bits per heavy atom. The summed E-state index contributed by atoms with van der Waals surface area (Å²) in [7, 11) is 1.70. The smallest absolute Gasteiger partial charge is 0.118 e. The summed E-state index contributed by atoms with van der Waals surface area (Å²) < 4.78 is 5.16. The summed E-state index contributed by atoms with van der Waals surface area (Å²) in [6.45, 7) is 6.73. The van der Waals surface area contributed by atoms with Gasteiger partial charge >= 0.3 is 0 Å². The second-order valence-electron chi connectivity index (χ2n) is 4.81. The Bertz CT molecular complexity index is 307. The van der Waals surface area contributed by atoms with Crippen LogP contribution in [0.15, 0.2) is 24.3 Å². The number of ether oxygens (including phenoxy) is 1. The maximum absolute atomic E-state index is 5.16. The van der Waals surface area contributed by atoms with E-state index < -0.39 is 0 Å². The van der Waals surface area contributed by atoms with Gasteiger partial charge in [0.1, 0.15) is 5.75 Å². The minimum Gasteiger partial charge on any atom is -0.497 e. The lowest BCUT2D eigenvalue weighted by Gasteiger charge is -2.19. The van der Waals surface area contributed by atoms with Gasteiger partial charge in [-0.25, -0.2) is 0 Å². The molecule has 2 atom stereocenters. The zero-order valence-corrected chi connectivity index (χ0v) is 11.5. The predicted octanol–water partition coefficient (Wildman–Crippen LogP) is 3.40. The lowest BCUT2D eigenvalue weighted by atomic mass is 10.1. The van der Waals surface area contributed by atoms with Crippen molar-refractivity contribution in [2.24, 2.45) is 0 Å². The van der Waals surface area contributed by atoms with Crippen molar-refractivity contribution in [2.75, 3.05) is 7.11 Å². The topological polar surface area (TPSA) is 21.3 Å². The summed E-state index contributed by atoms with van der Waals surface area (Å²) in [6.07, 6.45) is 3.55. The van der Waals surface area contributed by atoms with Gasteiger partial charge in [0.2, 0.25) is 0 Å². The first kappa shape index (κ1) is 14.0. The predicted molar refractivity (Wildman–Crippen MR) is 73.7 cm³/mol. The highest BCUT2D eigenvalue weighted by molar-refractivity contribution is 5.27. The van der Waals surface area contributed by atoms with Gasteiger partial charge in [0, 0.05) is 12.1 Å². The molecule has 0 heterocycles. The van der Waals surface area contributed by atoms with Crippen molar-refractivity contribution in [2.45, 2.75) is 52.1 Å². The van der Waals surface area contributed by atoms with Crippen LogP contribution in [0.2, 0.25) is 0 Å². The molecule has 1 aromatic carbocycles. The van der Waals surface area contributed by atoms with Gasteiger partial charge in [-0.1, -0.05) is 25.5 Å². The third-order valence-electron chi connectivity index (χ3n) is 2.99. The summed E-state index contributed by atoms with van der Waals surface area (Å²) in [5.74, 6) is 0.925. The fraction of sp³-hybridized carbons (Fsp3) is 0.600. The molecule has 0 aliphatic heterocycles. The molecule has 0 aliphatic carbocycles. The fourth-order valence-electron chi connectivity index (χ4n) is 2.18. The molecule has 1 aromatic rings. The standard InChI is InChI=1S/C15H25NO/c1-5-6-12(2)16-13(3)11-14-7-9-15(17-4)10-8-14/h7-10,12-13,16H,5-6,11H2,1-4H3. The van der Waals surface area contributed by atoms with E-state index in [1.165, 1.54) is 18.4 Å². The van der Waals surface area contributed by atoms with Crippen molar-refractivity contribution in [1.82, 2.24) is 5.32 Å². The quantitative estimate of drug-likeness (QED) is 0.782. The molecular weight excluding hydrogens is 210 g/mol. The van der Waals surface area contributed by atoms with E-state index in [0.29, 0.717) is 12.1 Å². The molecule has 0 saturated carbocycles. The highest BCUT2D eigenvalue weighted by Crippen LogP contribution is 2.13. The second kappa shape index (κ2) is 7.33. The van der Waals surface area contributed by atoms with Crippen molar-refractivity contribution in [3.63, 3.8) is 0 Å². The maximum atomic E-state index is 5.16. The van der Waals surface area contributed by atoms with E-state index in [1.807, 2.05) is 12.1 Å². The van der Waals surface area contributed by atoms with Crippen LogP contribution in [0.25, 0.3) is 0 Å². The van der Waals surface area contributed by atoms with Crippen LogP contribution in [-0.2, 0) is 6.42 Å². The van der Waals surface area contributed by atoms with E-state index in [1.54, 1.807) is 7.11 Å². The van der Waals surface area contributed by atoms with Gasteiger partial charge in [-0.15, -0.1) is 0 Å². The van der Waals surface area contributed by atoms with Crippen molar-refractivity contribution < 1.29 is 4.74 Å². The molecule has 96 valence electrons. The van der Waals surface area contributed by atoms with Gasteiger partial charge in [0.25, 0.3) is 0 Å². The highest BCUT2D eigenvalue weighted by Gasteiger charge is 2.07. The Kier molecular flexibility index (Phi) is 6.06. The summed E-state index contributed by atoms with van der Waals surface area (Å²) in [5.41, 5.74) is 1.36. The maximum Gasteiger partial charge on any atom is 0.118 e. The van der Waals surface area contributed by atoms with Crippen molar-refractivity contribution in [3.8, 4) is 5.75 Å². The largest absolute Gasteiger partial charge is 0.497 e. The zero-order valence-electron chi connectivity index (χ0n) is 11.5. The average Bonchev–Trinajstić information content (AvgIpc) is 2.30. The number of hydrogen-bond donors (Lipinski definition) is 1. The molecule has 0 radical (unpaired) electrons. The molecule has 0 saturated heterocycles. The van der Waals surface area contributed by atoms with Crippen LogP contribution in [0.4, 0.5) is 0 Å². The lowest BCUT2D eigenvalue weighted by molar-refractivity contribution is 0.414. The number of benzene rings is 1. The van der Waals surface area contributed by atoms with Crippen molar-refractivity contribution >= 4 is 0 Å². The van der Waals surface area contributed by atoms with Crippen LogP contribution in [0.1, 0.15) is 39.2 Å². The molecule has 0 spiro atoms. The highest BCUT2D eigenvalue weighted by atomic mass is 16.5. The number of rotatable bonds is 7. The van der Waals surface area contributed by atoms with Gasteiger partial charge in [0.15, 0.2) is 0 Å². The van der Waals surface area contributed by atoms with Crippen LogP contribution in [0.3, 0.4) is 0 Å². The van der Waals surface area contributed by atoms with Gasteiger partial charge in [0.05, 0.1) is 7.11 Å². The van der Waals surface area contributed by atoms with E-state index in [9.17, 15) is 0 Å². The molecule has 2 heteroatoms. The molecule has 0 amide bonds. The SMILES string of the molecule is CCCC(C)NC(C)Cc1ccc(OC)cc1. The molecule has 2 nitrogen and oxygen atoms in total. The van der Waals surface area contributed by atoms with Crippen molar-refractivity contribution in [3.05, 3.63) is 29.8 Å². The molecule has 0 bridgehead atoms. The Balaban J connectivity index is 2.41. The Hall–Kier alpha value is -1.02. The summed E-state index contributed by atoms with van der Waals surface area (Å²) in [5, 5.41) is 3.63. The molecule has 17 heavy (non-hydrogen) atoms. The summed E-state index contributed by atoms with van der Waals surface area (Å²) in [6, 6.07) is 9.45. The normalized spacial score (nSPS) is 14.4. The van der Waals surface area contributed by atoms with E-state index in [2.05, 4.69) is 38.2 Å². The second-order valence-corrected chi connectivity index (χ2v) is 4.81. The van der Waals surface area contributed by atoms with E-state index in [4.69, 9.17) is 4.74 Å². The molecular formula is C15H25NO.